The second-order valence-electron chi connectivity index (χ2n) is 9.02. The van der Waals surface area contributed by atoms with E-state index in [1.807, 2.05) is 25.1 Å². The number of piperidine rings is 1. The van der Waals surface area contributed by atoms with Gasteiger partial charge in [-0.1, -0.05) is 24.3 Å². The molecular weight excluding hydrogens is 421 g/mol. The van der Waals surface area contributed by atoms with Crippen LogP contribution >= 0.6 is 0 Å². The first-order valence-corrected chi connectivity index (χ1v) is 11.2. The van der Waals surface area contributed by atoms with Gasteiger partial charge in [0.15, 0.2) is 5.82 Å². The Kier molecular flexibility index (Phi) is 6.47. The summed E-state index contributed by atoms with van der Waals surface area (Å²) in [7, 11) is 0. The Balaban J connectivity index is 1.50. The topological polar surface area (TPSA) is 94.1 Å². The molecule has 0 unspecified atom stereocenters. The summed E-state index contributed by atoms with van der Waals surface area (Å²) in [5.74, 6) is -0.378. The van der Waals surface area contributed by atoms with Crippen molar-refractivity contribution in [3.63, 3.8) is 0 Å². The number of hydrogen-bond donors (Lipinski definition) is 3. The van der Waals surface area contributed by atoms with E-state index in [1.165, 1.54) is 23.3 Å². The highest BCUT2D eigenvalue weighted by Gasteiger charge is 2.43. The molecule has 2 aromatic heterocycles. The van der Waals surface area contributed by atoms with Gasteiger partial charge in [-0.2, -0.15) is 5.10 Å². The van der Waals surface area contributed by atoms with Crippen LogP contribution in [0.15, 0.2) is 42.5 Å². The predicted octanol–water partition coefficient (Wildman–Crippen LogP) is 4.77. The smallest absolute Gasteiger partial charge is 0.310 e. The summed E-state index contributed by atoms with van der Waals surface area (Å²) in [5.41, 5.74) is 2.48. The monoisotopic (exact) mass is 451 g/mol. The van der Waals surface area contributed by atoms with Gasteiger partial charge in [-0.05, 0) is 70.0 Å². The maximum absolute atomic E-state index is 14.7. The molecule has 0 saturated carbocycles. The number of aliphatic carboxylic acids is 1. The minimum absolute atomic E-state index is 0.0515. The Hall–Kier alpha value is -3.26. The Morgan fingerprint density at radius 2 is 1.94 bits per heavy atom. The molecule has 0 spiro atoms. The van der Waals surface area contributed by atoms with E-state index in [0.717, 1.165) is 5.69 Å². The van der Waals surface area contributed by atoms with Crippen LogP contribution < -0.4 is 5.32 Å². The van der Waals surface area contributed by atoms with Gasteiger partial charge < -0.3 is 10.4 Å². The van der Waals surface area contributed by atoms with Crippen LogP contribution in [-0.2, 0) is 11.2 Å². The lowest BCUT2D eigenvalue weighted by molar-refractivity contribution is -0.152. The molecule has 1 aromatic carbocycles. The van der Waals surface area contributed by atoms with Crippen molar-refractivity contribution in [1.29, 1.82) is 0 Å². The number of carbonyl (C=O) groups is 1. The number of carboxylic acids is 1. The average Bonchev–Trinajstić information content (AvgIpc) is 3.21. The zero-order chi connectivity index (χ0) is 23.6. The Morgan fingerprint density at radius 3 is 2.58 bits per heavy atom. The number of nitrogens with one attached hydrogen (secondary N) is 2. The van der Waals surface area contributed by atoms with E-state index >= 15 is 0 Å². The largest absolute Gasteiger partial charge is 0.481 e. The van der Waals surface area contributed by atoms with Crippen molar-refractivity contribution in [1.82, 2.24) is 20.1 Å². The summed E-state index contributed by atoms with van der Waals surface area (Å²) in [6.45, 7) is 7.40. The van der Waals surface area contributed by atoms with Crippen molar-refractivity contribution in [2.24, 2.45) is 5.41 Å². The lowest BCUT2D eigenvalue weighted by Gasteiger charge is -2.41. The fourth-order valence-corrected chi connectivity index (χ4v) is 4.67. The van der Waals surface area contributed by atoms with E-state index in [9.17, 15) is 14.3 Å². The zero-order valence-corrected chi connectivity index (χ0v) is 19.2. The number of aryl methyl sites for hydroxylation is 2. The number of H-pyrrole nitrogens is 1. The van der Waals surface area contributed by atoms with Crippen molar-refractivity contribution in [2.45, 2.75) is 46.1 Å². The molecule has 1 saturated heterocycles. The van der Waals surface area contributed by atoms with Gasteiger partial charge >= 0.3 is 5.97 Å². The van der Waals surface area contributed by atoms with Crippen LogP contribution in [0.2, 0.25) is 0 Å². The van der Waals surface area contributed by atoms with E-state index in [0.29, 0.717) is 37.6 Å². The number of pyridine rings is 1. The SMILES string of the molecule is Cc1cc(Nc2ccc(F)c(CC3(C(=O)O)CCN([C@@H](C)c4ccccc4C)CC3)n2)n[nH]1. The molecule has 33 heavy (non-hydrogen) atoms. The fraction of sp³-hybridized carbons (Fsp3) is 0.400. The zero-order valence-electron chi connectivity index (χ0n) is 19.2. The van der Waals surface area contributed by atoms with Gasteiger partial charge in [-0.3, -0.25) is 14.8 Å². The lowest BCUT2D eigenvalue weighted by Crippen LogP contribution is -2.46. The van der Waals surface area contributed by atoms with Gasteiger partial charge in [0.1, 0.15) is 11.6 Å². The Bertz CT molecular complexity index is 1140. The first-order valence-electron chi connectivity index (χ1n) is 11.2. The lowest BCUT2D eigenvalue weighted by atomic mass is 9.74. The summed E-state index contributed by atoms with van der Waals surface area (Å²) < 4.78 is 14.7. The number of anilines is 2. The molecule has 0 radical (unpaired) electrons. The minimum atomic E-state index is -1.04. The second kappa shape index (κ2) is 9.31. The molecule has 3 N–H and O–H groups in total. The number of hydrogen-bond acceptors (Lipinski definition) is 5. The molecule has 1 fully saturated rings. The molecule has 4 rings (SSSR count). The van der Waals surface area contributed by atoms with Gasteiger partial charge in [-0.15, -0.1) is 0 Å². The first kappa shape index (κ1) is 22.9. The van der Waals surface area contributed by atoms with Gasteiger partial charge in [-0.25, -0.2) is 9.37 Å². The maximum Gasteiger partial charge on any atom is 0.310 e. The fourth-order valence-electron chi connectivity index (χ4n) is 4.67. The maximum atomic E-state index is 14.7. The highest BCUT2D eigenvalue weighted by Crippen LogP contribution is 2.39. The number of benzene rings is 1. The molecule has 1 aliphatic rings. The van der Waals surface area contributed by atoms with Crippen LogP contribution in [0.3, 0.4) is 0 Å². The molecule has 0 aliphatic carbocycles. The van der Waals surface area contributed by atoms with E-state index in [-0.39, 0.29) is 18.2 Å². The number of likely N-dealkylation sites (tertiary alicyclic amines) is 1. The van der Waals surface area contributed by atoms with E-state index < -0.39 is 17.2 Å². The quantitative estimate of drug-likeness (QED) is 0.479. The second-order valence-corrected chi connectivity index (χ2v) is 9.02. The number of aromatic nitrogens is 3. The van der Waals surface area contributed by atoms with Crippen molar-refractivity contribution in [3.05, 3.63) is 70.8 Å². The van der Waals surface area contributed by atoms with Crippen LogP contribution in [0.25, 0.3) is 0 Å². The summed E-state index contributed by atoms with van der Waals surface area (Å²) in [6, 6.07) is 13.1. The third-order valence-electron chi connectivity index (χ3n) is 6.78. The number of aromatic amines is 1. The summed E-state index contributed by atoms with van der Waals surface area (Å²) in [4.78, 5) is 19.1. The summed E-state index contributed by atoms with van der Waals surface area (Å²) in [5, 5.41) is 20.1. The Morgan fingerprint density at radius 1 is 1.21 bits per heavy atom. The number of rotatable bonds is 7. The van der Waals surface area contributed by atoms with Crippen LogP contribution in [-0.4, -0.2) is 44.2 Å². The van der Waals surface area contributed by atoms with Crippen molar-refractivity contribution in [3.8, 4) is 0 Å². The van der Waals surface area contributed by atoms with Gasteiger partial charge in [0.05, 0.1) is 11.1 Å². The highest BCUT2D eigenvalue weighted by molar-refractivity contribution is 5.75. The summed E-state index contributed by atoms with van der Waals surface area (Å²) >= 11 is 0. The molecule has 1 atom stereocenters. The van der Waals surface area contributed by atoms with E-state index in [4.69, 9.17) is 0 Å². The standard InChI is InChI=1S/C25H30FN5O2/c1-16-6-4-5-7-19(16)18(3)31-12-10-25(11-13-31,24(32)33)15-21-20(26)8-9-22(27-21)28-23-14-17(2)29-30-23/h4-9,14,18H,10-13,15H2,1-3H3,(H,32,33)(H2,27,28,29,30)/t18-/m0/s1. The van der Waals surface area contributed by atoms with E-state index in [1.54, 1.807) is 0 Å². The molecular formula is C25H30FN5O2. The molecule has 174 valence electrons. The number of carboxylic acid groups (broad SMARTS) is 1. The summed E-state index contributed by atoms with van der Waals surface area (Å²) in [6.07, 6.45) is 0.932. The van der Waals surface area contributed by atoms with Gasteiger partial charge in [0.25, 0.3) is 0 Å². The van der Waals surface area contributed by atoms with Crippen LogP contribution in [0, 0.1) is 25.1 Å². The van der Waals surface area contributed by atoms with Crippen molar-refractivity contribution < 1.29 is 14.3 Å². The molecule has 1 aliphatic heterocycles. The molecule has 3 aromatic rings. The molecule has 0 amide bonds. The van der Waals surface area contributed by atoms with Crippen molar-refractivity contribution >= 4 is 17.6 Å². The Labute approximate surface area is 193 Å². The first-order chi connectivity index (χ1) is 15.8. The predicted molar refractivity (Wildman–Crippen MR) is 125 cm³/mol. The number of nitrogens with zero attached hydrogens (tertiary/aromatic N) is 3. The minimum Gasteiger partial charge on any atom is -0.481 e. The molecule has 8 heteroatoms. The molecule has 0 bridgehead atoms. The van der Waals surface area contributed by atoms with Crippen molar-refractivity contribution in [2.75, 3.05) is 18.4 Å². The normalized spacial score (nSPS) is 17.0. The van der Waals surface area contributed by atoms with Crippen LogP contribution in [0.1, 0.15) is 48.3 Å². The average molecular weight is 452 g/mol. The van der Waals surface area contributed by atoms with Gasteiger partial charge in [0, 0.05) is 24.2 Å². The third-order valence-corrected chi connectivity index (χ3v) is 6.78. The van der Waals surface area contributed by atoms with Gasteiger partial charge in [0.2, 0.25) is 0 Å². The number of halogens is 1. The van der Waals surface area contributed by atoms with E-state index in [2.05, 4.69) is 51.4 Å². The molecule has 3 heterocycles. The molecule has 7 nitrogen and oxygen atoms in total. The van der Waals surface area contributed by atoms with Crippen LogP contribution in [0.5, 0.6) is 0 Å². The highest BCUT2D eigenvalue weighted by atomic mass is 19.1. The van der Waals surface area contributed by atoms with Crippen LogP contribution in [0.4, 0.5) is 16.0 Å². The third kappa shape index (κ3) is 4.90.